The first-order valence-corrected chi connectivity index (χ1v) is 6.66. The average molecular weight is 306 g/mol. The van der Waals surface area contributed by atoms with Crippen molar-refractivity contribution >= 4 is 29.1 Å². The van der Waals surface area contributed by atoms with Crippen molar-refractivity contribution in [2.24, 2.45) is 0 Å². The van der Waals surface area contributed by atoms with E-state index in [4.69, 9.17) is 32.7 Å². The molecule has 0 heterocycles. The molecule has 0 aliphatic carbocycles. The Hall–Kier alpha value is -0.810. The highest BCUT2D eigenvalue weighted by molar-refractivity contribution is 6.35. The van der Waals surface area contributed by atoms with Gasteiger partial charge < -0.3 is 14.8 Å². The van der Waals surface area contributed by atoms with E-state index < -0.39 is 0 Å². The van der Waals surface area contributed by atoms with Crippen LogP contribution in [-0.2, 0) is 20.7 Å². The normalized spacial score (nSPS) is 10.5. The molecule has 0 spiro atoms. The molecule has 0 atom stereocenters. The first-order valence-electron chi connectivity index (χ1n) is 5.91. The second kappa shape index (κ2) is 9.15. The van der Waals surface area contributed by atoms with Crippen molar-refractivity contribution in [3.63, 3.8) is 0 Å². The lowest BCUT2D eigenvalue weighted by Crippen LogP contribution is -2.30. The molecule has 1 aromatic rings. The first-order chi connectivity index (χ1) is 9.13. The summed E-state index contributed by atoms with van der Waals surface area (Å²) in [5.74, 6) is -0.152. The van der Waals surface area contributed by atoms with Gasteiger partial charge in [0.2, 0.25) is 5.91 Å². The van der Waals surface area contributed by atoms with Gasteiger partial charge in [0.15, 0.2) is 0 Å². The fourth-order valence-electron chi connectivity index (χ4n) is 1.42. The van der Waals surface area contributed by atoms with Gasteiger partial charge >= 0.3 is 0 Å². The van der Waals surface area contributed by atoms with Crippen molar-refractivity contribution < 1.29 is 14.3 Å². The summed E-state index contributed by atoms with van der Waals surface area (Å²) < 4.78 is 9.90. The molecule has 0 unspecified atom stereocenters. The minimum atomic E-state index is -0.152. The molecule has 1 N–H and O–H groups in total. The van der Waals surface area contributed by atoms with E-state index >= 15 is 0 Å². The second-order valence-electron chi connectivity index (χ2n) is 3.88. The maximum absolute atomic E-state index is 11.4. The minimum absolute atomic E-state index is 0.0394. The van der Waals surface area contributed by atoms with E-state index in [0.29, 0.717) is 36.2 Å². The lowest BCUT2D eigenvalue weighted by atomic mass is 10.1. The summed E-state index contributed by atoms with van der Waals surface area (Å²) in [6.07, 6.45) is 0.653. The van der Waals surface area contributed by atoms with Gasteiger partial charge in [-0.15, -0.1) is 0 Å². The lowest BCUT2D eigenvalue weighted by molar-refractivity contribution is -0.126. The van der Waals surface area contributed by atoms with Crippen molar-refractivity contribution in [1.82, 2.24) is 5.32 Å². The molecule has 1 rings (SSSR count). The number of hydrogen-bond acceptors (Lipinski definition) is 3. The third kappa shape index (κ3) is 6.78. The molecule has 0 radical (unpaired) electrons. The van der Waals surface area contributed by atoms with E-state index in [-0.39, 0.29) is 12.5 Å². The van der Waals surface area contributed by atoms with Crippen molar-refractivity contribution in [2.75, 3.05) is 33.5 Å². The van der Waals surface area contributed by atoms with E-state index in [1.165, 1.54) is 0 Å². The lowest BCUT2D eigenvalue weighted by Gasteiger charge is -2.07. The van der Waals surface area contributed by atoms with Gasteiger partial charge in [0.25, 0.3) is 0 Å². The fourth-order valence-corrected chi connectivity index (χ4v) is 1.92. The van der Waals surface area contributed by atoms with Crippen LogP contribution >= 0.6 is 23.2 Å². The third-order valence-electron chi connectivity index (χ3n) is 2.40. The SMILES string of the molecule is COCCOCC(=O)NCCc1ccc(Cl)cc1Cl. The van der Waals surface area contributed by atoms with E-state index in [1.54, 1.807) is 19.2 Å². The Morgan fingerprint density at radius 3 is 2.79 bits per heavy atom. The molecule has 0 bridgehead atoms. The highest BCUT2D eigenvalue weighted by atomic mass is 35.5. The van der Waals surface area contributed by atoms with Crippen molar-refractivity contribution in [3.05, 3.63) is 33.8 Å². The van der Waals surface area contributed by atoms with Crippen LogP contribution in [0.4, 0.5) is 0 Å². The molecule has 0 saturated heterocycles. The summed E-state index contributed by atoms with van der Waals surface area (Å²) in [4.78, 5) is 11.4. The molecule has 106 valence electrons. The molecular weight excluding hydrogens is 289 g/mol. The van der Waals surface area contributed by atoms with Crippen LogP contribution < -0.4 is 5.32 Å². The molecule has 0 fully saturated rings. The van der Waals surface area contributed by atoms with E-state index in [2.05, 4.69) is 5.32 Å². The van der Waals surface area contributed by atoms with Crippen LogP contribution in [0.3, 0.4) is 0 Å². The number of amides is 1. The molecule has 4 nitrogen and oxygen atoms in total. The van der Waals surface area contributed by atoms with Crippen molar-refractivity contribution in [3.8, 4) is 0 Å². The van der Waals surface area contributed by atoms with Gasteiger partial charge in [0.05, 0.1) is 13.2 Å². The Balaban J connectivity index is 2.20. The van der Waals surface area contributed by atoms with Crippen LogP contribution in [0.25, 0.3) is 0 Å². The zero-order valence-electron chi connectivity index (χ0n) is 10.7. The van der Waals surface area contributed by atoms with E-state index in [9.17, 15) is 4.79 Å². The third-order valence-corrected chi connectivity index (χ3v) is 2.98. The molecule has 1 amide bonds. The molecule has 0 aliphatic heterocycles. The number of ether oxygens (including phenoxy) is 2. The Morgan fingerprint density at radius 1 is 1.32 bits per heavy atom. The highest BCUT2D eigenvalue weighted by Gasteiger charge is 2.04. The van der Waals surface area contributed by atoms with Crippen LogP contribution in [-0.4, -0.2) is 39.4 Å². The zero-order valence-corrected chi connectivity index (χ0v) is 12.3. The second-order valence-corrected chi connectivity index (χ2v) is 4.72. The van der Waals surface area contributed by atoms with Crippen molar-refractivity contribution in [1.29, 1.82) is 0 Å². The standard InChI is InChI=1S/C13H17Cl2NO3/c1-18-6-7-19-9-13(17)16-5-4-10-2-3-11(14)8-12(10)15/h2-3,8H,4-7,9H2,1H3,(H,16,17). The van der Waals surface area contributed by atoms with Gasteiger partial charge in [-0.3, -0.25) is 4.79 Å². The summed E-state index contributed by atoms with van der Waals surface area (Å²) in [6, 6.07) is 5.32. The van der Waals surface area contributed by atoms with E-state index in [0.717, 1.165) is 5.56 Å². The van der Waals surface area contributed by atoms with Gasteiger partial charge in [-0.1, -0.05) is 29.3 Å². The number of carbonyl (C=O) groups is 1. The Labute approximate surface area is 123 Å². The van der Waals surface area contributed by atoms with Crippen LogP contribution in [0.5, 0.6) is 0 Å². The maximum Gasteiger partial charge on any atom is 0.246 e. The number of benzene rings is 1. The number of nitrogens with one attached hydrogen (secondary N) is 1. The molecule has 6 heteroatoms. The Kier molecular flexibility index (Phi) is 7.82. The Morgan fingerprint density at radius 2 is 2.11 bits per heavy atom. The monoisotopic (exact) mass is 305 g/mol. The predicted octanol–water partition coefficient (Wildman–Crippen LogP) is 2.32. The fraction of sp³-hybridized carbons (Fsp3) is 0.462. The highest BCUT2D eigenvalue weighted by Crippen LogP contribution is 2.20. The smallest absolute Gasteiger partial charge is 0.246 e. The van der Waals surface area contributed by atoms with Gasteiger partial charge in [0, 0.05) is 23.7 Å². The molecule has 0 aromatic heterocycles. The van der Waals surface area contributed by atoms with Crippen LogP contribution in [0.2, 0.25) is 10.0 Å². The molecule has 19 heavy (non-hydrogen) atoms. The number of halogens is 2. The van der Waals surface area contributed by atoms with Crippen LogP contribution in [0.15, 0.2) is 18.2 Å². The Bertz CT molecular complexity index is 413. The summed E-state index contributed by atoms with van der Waals surface area (Å²) in [5.41, 5.74) is 0.951. The van der Waals surface area contributed by atoms with Gasteiger partial charge in [-0.25, -0.2) is 0 Å². The van der Waals surface area contributed by atoms with Gasteiger partial charge in [-0.2, -0.15) is 0 Å². The van der Waals surface area contributed by atoms with Gasteiger partial charge in [-0.05, 0) is 24.1 Å². The predicted molar refractivity (Wildman–Crippen MR) is 75.9 cm³/mol. The van der Waals surface area contributed by atoms with E-state index in [1.807, 2.05) is 6.07 Å². The topological polar surface area (TPSA) is 47.6 Å². The van der Waals surface area contributed by atoms with Gasteiger partial charge in [0.1, 0.15) is 6.61 Å². The van der Waals surface area contributed by atoms with Crippen LogP contribution in [0, 0.1) is 0 Å². The number of methoxy groups -OCH3 is 1. The van der Waals surface area contributed by atoms with Crippen molar-refractivity contribution in [2.45, 2.75) is 6.42 Å². The molecular formula is C13H17Cl2NO3. The molecule has 0 aliphatic rings. The summed E-state index contributed by atoms with van der Waals surface area (Å²) in [6.45, 7) is 1.44. The summed E-state index contributed by atoms with van der Waals surface area (Å²) >= 11 is 11.8. The summed E-state index contributed by atoms with van der Waals surface area (Å²) in [7, 11) is 1.58. The quantitative estimate of drug-likeness (QED) is 0.750. The molecule has 1 aromatic carbocycles. The minimum Gasteiger partial charge on any atom is -0.382 e. The average Bonchev–Trinajstić information content (AvgIpc) is 2.37. The maximum atomic E-state index is 11.4. The number of carbonyl (C=O) groups excluding carboxylic acids is 1. The number of hydrogen-bond donors (Lipinski definition) is 1. The first kappa shape index (κ1) is 16.2. The largest absolute Gasteiger partial charge is 0.382 e. The van der Waals surface area contributed by atoms with Crippen LogP contribution in [0.1, 0.15) is 5.56 Å². The number of rotatable bonds is 8. The summed E-state index contributed by atoms with van der Waals surface area (Å²) in [5, 5.41) is 3.96. The zero-order chi connectivity index (χ0) is 14.1. The molecule has 0 saturated carbocycles.